The monoisotopic (exact) mass is 795 g/mol. The molecule has 0 aliphatic carbocycles. The third-order valence-electron chi connectivity index (χ3n) is 12.1. The van der Waals surface area contributed by atoms with Gasteiger partial charge in [0.2, 0.25) is 0 Å². The van der Waals surface area contributed by atoms with Crippen molar-refractivity contribution < 1.29 is 4.42 Å². The molecule has 12 rings (SSSR count). The number of thiophene rings is 1. The molecule has 286 valence electrons. The van der Waals surface area contributed by atoms with Gasteiger partial charge in [-0.1, -0.05) is 194 Å². The highest BCUT2D eigenvalue weighted by molar-refractivity contribution is 7.27. The molecule has 0 spiro atoms. The van der Waals surface area contributed by atoms with Crippen molar-refractivity contribution in [2.75, 3.05) is 4.90 Å². The number of hydrogen-bond acceptors (Lipinski definition) is 3. The molecule has 2 heterocycles. The van der Waals surface area contributed by atoms with Crippen molar-refractivity contribution in [3.8, 4) is 44.7 Å². The topological polar surface area (TPSA) is 16.4 Å². The molecule has 0 fully saturated rings. The number of benzene rings is 10. The molecule has 0 aliphatic rings. The van der Waals surface area contributed by atoms with E-state index in [1.54, 1.807) is 0 Å². The van der Waals surface area contributed by atoms with Gasteiger partial charge in [0.25, 0.3) is 0 Å². The minimum absolute atomic E-state index is 0.877. The maximum absolute atomic E-state index is 7.03. The lowest BCUT2D eigenvalue weighted by atomic mass is 9.92. The van der Waals surface area contributed by atoms with Crippen LogP contribution in [-0.4, -0.2) is 0 Å². The predicted octanol–water partition coefficient (Wildman–Crippen LogP) is 17.2. The van der Waals surface area contributed by atoms with Crippen LogP contribution in [0, 0.1) is 0 Å². The molecule has 0 bridgehead atoms. The van der Waals surface area contributed by atoms with Crippen LogP contribution in [0.15, 0.2) is 229 Å². The largest absolute Gasteiger partial charge is 0.455 e. The second-order valence-electron chi connectivity index (χ2n) is 15.6. The van der Waals surface area contributed by atoms with Crippen molar-refractivity contribution in [3.63, 3.8) is 0 Å². The summed E-state index contributed by atoms with van der Waals surface area (Å²) in [6, 6.07) is 80.8. The smallest absolute Gasteiger partial charge is 0.143 e. The van der Waals surface area contributed by atoms with Crippen LogP contribution >= 0.6 is 11.3 Å². The molecule has 0 radical (unpaired) electrons. The highest BCUT2D eigenvalue weighted by Gasteiger charge is 2.24. The molecule has 0 atom stereocenters. The van der Waals surface area contributed by atoms with Crippen LogP contribution in [0.5, 0.6) is 0 Å². The number of furan rings is 1. The van der Waals surface area contributed by atoms with E-state index in [2.05, 4.69) is 229 Å². The van der Waals surface area contributed by atoms with E-state index in [9.17, 15) is 0 Å². The highest BCUT2D eigenvalue weighted by Crippen LogP contribution is 2.50. The van der Waals surface area contributed by atoms with Crippen LogP contribution in [0.3, 0.4) is 0 Å². The molecule has 0 aliphatic heterocycles. The number of fused-ring (bicyclic) bond motifs is 9. The SMILES string of the molecule is c1ccc(-c2ccc(N(c3ccc(-c4c(-c5ccccc5)oc5c6ccccc6c6ccccc6c45)cc3)c3cccc4c3sc3c(-c5ccccc5)cccc34)cc2)cc1. The molecule has 3 heteroatoms. The summed E-state index contributed by atoms with van der Waals surface area (Å²) in [7, 11) is 0. The third-order valence-corrected chi connectivity index (χ3v) is 13.4. The fraction of sp³-hybridized carbons (Fsp3) is 0. The Hall–Kier alpha value is -7.72. The molecule has 0 unspecified atom stereocenters. The number of anilines is 3. The molecule has 2 aromatic heterocycles. The van der Waals surface area contributed by atoms with Gasteiger partial charge in [-0.05, 0) is 74.3 Å². The average molecular weight is 796 g/mol. The van der Waals surface area contributed by atoms with Gasteiger partial charge < -0.3 is 9.32 Å². The Labute approximate surface area is 357 Å². The molecule has 0 amide bonds. The average Bonchev–Trinajstić information content (AvgIpc) is 3.94. The van der Waals surface area contributed by atoms with E-state index >= 15 is 0 Å². The first-order valence-electron chi connectivity index (χ1n) is 20.8. The van der Waals surface area contributed by atoms with Crippen LogP contribution in [0.2, 0.25) is 0 Å². The molecular formula is C58H37NOS. The lowest BCUT2D eigenvalue weighted by molar-refractivity contribution is 0.636. The molecule has 12 aromatic rings. The summed E-state index contributed by atoms with van der Waals surface area (Å²) in [5.41, 5.74) is 12.4. The van der Waals surface area contributed by atoms with E-state index in [0.29, 0.717) is 0 Å². The number of rotatable bonds is 7. The van der Waals surface area contributed by atoms with Gasteiger partial charge in [-0.3, -0.25) is 0 Å². The van der Waals surface area contributed by atoms with E-state index in [4.69, 9.17) is 4.42 Å². The Morgan fingerprint density at radius 2 is 0.803 bits per heavy atom. The van der Waals surface area contributed by atoms with E-state index in [-0.39, 0.29) is 0 Å². The van der Waals surface area contributed by atoms with Gasteiger partial charge in [-0.2, -0.15) is 0 Å². The van der Waals surface area contributed by atoms with Crippen LogP contribution in [0.4, 0.5) is 17.1 Å². The highest BCUT2D eigenvalue weighted by atomic mass is 32.1. The maximum Gasteiger partial charge on any atom is 0.143 e. The van der Waals surface area contributed by atoms with Crippen molar-refractivity contribution in [2.24, 2.45) is 0 Å². The summed E-state index contributed by atoms with van der Waals surface area (Å²) in [5, 5.41) is 8.40. The van der Waals surface area contributed by atoms with Crippen molar-refractivity contribution >= 4 is 81.1 Å². The van der Waals surface area contributed by atoms with Gasteiger partial charge >= 0.3 is 0 Å². The minimum Gasteiger partial charge on any atom is -0.455 e. The summed E-state index contributed by atoms with van der Waals surface area (Å²) in [4.78, 5) is 2.42. The molecule has 0 saturated carbocycles. The van der Waals surface area contributed by atoms with E-state index in [0.717, 1.165) is 55.9 Å². The lowest BCUT2D eigenvalue weighted by Gasteiger charge is -2.26. The van der Waals surface area contributed by atoms with Crippen LogP contribution in [0.1, 0.15) is 0 Å². The van der Waals surface area contributed by atoms with Crippen LogP contribution < -0.4 is 4.90 Å². The lowest BCUT2D eigenvalue weighted by Crippen LogP contribution is -2.10. The van der Waals surface area contributed by atoms with Gasteiger partial charge in [0.05, 0.1) is 10.4 Å². The Bertz CT molecular complexity index is 3550. The van der Waals surface area contributed by atoms with Gasteiger partial charge in [-0.15, -0.1) is 11.3 Å². The van der Waals surface area contributed by atoms with Gasteiger partial charge in [-0.25, -0.2) is 0 Å². The van der Waals surface area contributed by atoms with Gasteiger partial charge in [0.1, 0.15) is 11.3 Å². The summed E-state index contributed by atoms with van der Waals surface area (Å²) >= 11 is 1.88. The molecule has 0 N–H and O–H groups in total. The van der Waals surface area contributed by atoms with Crippen LogP contribution in [-0.2, 0) is 0 Å². The van der Waals surface area contributed by atoms with Gasteiger partial charge in [0.15, 0.2) is 0 Å². The number of hydrogen-bond donors (Lipinski definition) is 0. The van der Waals surface area contributed by atoms with E-state index in [1.807, 2.05) is 11.3 Å². The van der Waals surface area contributed by atoms with Crippen molar-refractivity contribution in [1.82, 2.24) is 0 Å². The van der Waals surface area contributed by atoms with Crippen molar-refractivity contribution in [1.29, 1.82) is 0 Å². The first kappa shape index (κ1) is 35.2. The summed E-state index contributed by atoms with van der Waals surface area (Å²) in [6.45, 7) is 0. The Morgan fingerprint density at radius 1 is 0.328 bits per heavy atom. The molecule has 10 aromatic carbocycles. The second-order valence-corrected chi connectivity index (χ2v) is 16.6. The quantitative estimate of drug-likeness (QED) is 0.149. The second kappa shape index (κ2) is 14.5. The summed E-state index contributed by atoms with van der Waals surface area (Å²) in [6.07, 6.45) is 0. The number of nitrogens with zero attached hydrogens (tertiary/aromatic N) is 1. The molecule has 0 saturated heterocycles. The van der Waals surface area contributed by atoms with Crippen molar-refractivity contribution in [3.05, 3.63) is 224 Å². The zero-order valence-electron chi connectivity index (χ0n) is 33.1. The molecule has 61 heavy (non-hydrogen) atoms. The zero-order valence-corrected chi connectivity index (χ0v) is 33.9. The van der Waals surface area contributed by atoms with Crippen molar-refractivity contribution in [2.45, 2.75) is 0 Å². The first-order valence-corrected chi connectivity index (χ1v) is 21.6. The van der Waals surface area contributed by atoms with Crippen LogP contribution in [0.25, 0.3) is 97.4 Å². The fourth-order valence-electron chi connectivity index (χ4n) is 9.26. The third kappa shape index (κ3) is 5.85. The molecular weight excluding hydrogens is 759 g/mol. The fourth-order valence-corrected chi connectivity index (χ4v) is 10.6. The summed E-state index contributed by atoms with van der Waals surface area (Å²) < 4.78 is 9.58. The zero-order chi connectivity index (χ0) is 40.3. The standard InChI is InChI=1S/C58H37NOS/c1-4-16-38(17-5-1)39-30-34-43(35-31-39)59(52-29-15-28-51-50-27-14-26-45(57(50)61-58(51)52)40-18-6-2-7-19-40)44-36-32-41(33-37-44)53-54-48-24-12-10-22-46(48)47-23-11-13-25-49(47)56(54)60-55(53)42-20-8-3-9-21-42/h1-37H. The summed E-state index contributed by atoms with van der Waals surface area (Å²) in [5.74, 6) is 0.877. The Balaban J connectivity index is 1.07. The van der Waals surface area contributed by atoms with Gasteiger partial charge in [0, 0.05) is 48.7 Å². The van der Waals surface area contributed by atoms with E-state index < -0.39 is 0 Å². The normalized spacial score (nSPS) is 11.6. The maximum atomic E-state index is 7.03. The Kier molecular flexibility index (Phi) is 8.39. The minimum atomic E-state index is 0.877. The predicted molar refractivity (Wildman–Crippen MR) is 261 cm³/mol. The Morgan fingerprint density at radius 3 is 1.46 bits per heavy atom. The first-order chi connectivity index (χ1) is 30.3. The molecule has 2 nitrogen and oxygen atoms in total. The van der Waals surface area contributed by atoms with E-state index in [1.165, 1.54) is 58.6 Å².